The summed E-state index contributed by atoms with van der Waals surface area (Å²) < 4.78 is 15.0. The molecule has 0 saturated heterocycles. The van der Waals surface area contributed by atoms with E-state index in [-0.39, 0.29) is 35.5 Å². The zero-order valence-electron chi connectivity index (χ0n) is 18.6. The highest BCUT2D eigenvalue weighted by Gasteiger charge is 2.10. The van der Waals surface area contributed by atoms with Crippen LogP contribution >= 0.6 is 0 Å². The molecule has 2 N–H and O–H groups in total. The predicted octanol–water partition coefficient (Wildman–Crippen LogP) is 3.92. The molecule has 9 heteroatoms. The quantitative estimate of drug-likeness (QED) is 0.377. The largest absolute Gasteiger partial charge is 0.478 e. The van der Waals surface area contributed by atoms with Crippen LogP contribution in [0.1, 0.15) is 68.1 Å². The number of aromatic carboxylic acids is 2. The molecule has 178 valence electrons. The first-order valence-electron chi connectivity index (χ1n) is 10.4. The first-order chi connectivity index (χ1) is 15.8. The Hall–Kier alpha value is -3.72. The Morgan fingerprint density at radius 3 is 1.15 bits per heavy atom. The Kier molecular flexibility index (Phi) is 12.5. The molecule has 0 amide bonds. The number of benzene rings is 2. The Morgan fingerprint density at radius 1 is 0.606 bits per heavy atom. The van der Waals surface area contributed by atoms with E-state index in [1.54, 1.807) is 0 Å². The highest BCUT2D eigenvalue weighted by atomic mass is 16.5. The van der Waals surface area contributed by atoms with Gasteiger partial charge in [0.2, 0.25) is 0 Å². The summed E-state index contributed by atoms with van der Waals surface area (Å²) in [6.07, 6.45) is 0.953. The van der Waals surface area contributed by atoms with Gasteiger partial charge < -0.3 is 24.4 Å². The molecule has 0 spiro atoms. The summed E-state index contributed by atoms with van der Waals surface area (Å²) in [7, 11) is 0. The van der Waals surface area contributed by atoms with Gasteiger partial charge in [0.25, 0.3) is 0 Å². The van der Waals surface area contributed by atoms with E-state index in [1.807, 2.05) is 13.8 Å². The normalized spacial score (nSPS) is 9.88. The molecule has 0 unspecified atom stereocenters. The van der Waals surface area contributed by atoms with Crippen LogP contribution in [0.3, 0.4) is 0 Å². The summed E-state index contributed by atoms with van der Waals surface area (Å²) in [6, 6.07) is 10.8. The summed E-state index contributed by atoms with van der Waals surface area (Å²) in [6.45, 7) is 5.93. The van der Waals surface area contributed by atoms with Gasteiger partial charge in [-0.2, -0.15) is 0 Å². The smallest absolute Gasteiger partial charge is 0.338 e. The maximum Gasteiger partial charge on any atom is 0.338 e. The molecule has 0 bridgehead atoms. The van der Waals surface area contributed by atoms with E-state index in [9.17, 15) is 19.2 Å². The number of ether oxygens (including phenoxy) is 3. The third-order valence-electron chi connectivity index (χ3n) is 4.15. The molecule has 0 aromatic heterocycles. The first kappa shape index (κ1) is 27.3. The SMILES string of the molecule is CCOCC.O=C(O)c1ccc(C(=O)OCCCCOC(=O)c2ccc(C(=O)O)cc2)cc1. The Balaban J connectivity index is 0.000000981. The maximum absolute atomic E-state index is 11.8. The number of carboxylic acids is 2. The van der Waals surface area contributed by atoms with Crippen LogP contribution in [-0.2, 0) is 14.2 Å². The average molecular weight is 460 g/mol. The van der Waals surface area contributed by atoms with Crippen molar-refractivity contribution < 1.29 is 43.6 Å². The fraction of sp³-hybridized carbons (Fsp3) is 0.333. The van der Waals surface area contributed by atoms with Crippen LogP contribution in [0.4, 0.5) is 0 Å². The molecule has 0 heterocycles. The zero-order valence-corrected chi connectivity index (χ0v) is 18.6. The molecule has 0 atom stereocenters. The van der Waals surface area contributed by atoms with Gasteiger partial charge in [0.1, 0.15) is 0 Å². The fourth-order valence-electron chi connectivity index (χ4n) is 2.40. The van der Waals surface area contributed by atoms with E-state index in [2.05, 4.69) is 0 Å². The summed E-state index contributed by atoms with van der Waals surface area (Å²) in [5, 5.41) is 17.6. The summed E-state index contributed by atoms with van der Waals surface area (Å²) in [5.41, 5.74) is 0.661. The number of esters is 2. The lowest BCUT2D eigenvalue weighted by atomic mass is 10.1. The Bertz CT molecular complexity index is 827. The van der Waals surface area contributed by atoms with Gasteiger partial charge in [-0.1, -0.05) is 0 Å². The van der Waals surface area contributed by atoms with Crippen LogP contribution < -0.4 is 0 Å². The van der Waals surface area contributed by atoms with Crippen molar-refractivity contribution in [3.05, 3.63) is 70.8 Å². The number of carbonyl (C=O) groups is 4. The van der Waals surface area contributed by atoms with Gasteiger partial charge in [0.05, 0.1) is 35.5 Å². The summed E-state index contributed by atoms with van der Waals surface area (Å²) >= 11 is 0. The fourth-order valence-corrected chi connectivity index (χ4v) is 2.40. The second kappa shape index (κ2) is 15.1. The minimum absolute atomic E-state index is 0.0796. The average Bonchev–Trinajstić information content (AvgIpc) is 2.82. The highest BCUT2D eigenvalue weighted by Crippen LogP contribution is 2.08. The van der Waals surface area contributed by atoms with Gasteiger partial charge >= 0.3 is 23.9 Å². The number of rotatable bonds is 11. The molecule has 2 aromatic carbocycles. The van der Waals surface area contributed by atoms with Gasteiger partial charge in [0.15, 0.2) is 0 Å². The zero-order chi connectivity index (χ0) is 24.6. The standard InChI is InChI=1S/C20H18O8.C4H10O/c21-17(22)13-3-7-15(8-4-13)19(25)27-11-1-2-12-28-20(26)16-9-5-14(6-10-16)18(23)24;1-3-5-4-2/h3-10H,1-2,11-12H2,(H,21,22)(H,23,24);3-4H2,1-2H3. The van der Waals surface area contributed by atoms with Crippen LogP contribution in [0.2, 0.25) is 0 Å². The van der Waals surface area contributed by atoms with Gasteiger partial charge in [-0.15, -0.1) is 0 Å². The van der Waals surface area contributed by atoms with Crippen molar-refractivity contribution >= 4 is 23.9 Å². The lowest BCUT2D eigenvalue weighted by molar-refractivity contribution is 0.0432. The first-order valence-corrected chi connectivity index (χ1v) is 10.4. The third kappa shape index (κ3) is 10.4. The molecule has 0 radical (unpaired) electrons. The van der Waals surface area contributed by atoms with Gasteiger partial charge in [-0.25, -0.2) is 19.2 Å². The lowest BCUT2D eigenvalue weighted by Crippen LogP contribution is -2.10. The van der Waals surface area contributed by atoms with E-state index in [0.29, 0.717) is 12.8 Å². The third-order valence-corrected chi connectivity index (χ3v) is 4.15. The van der Waals surface area contributed by atoms with Gasteiger partial charge in [-0.05, 0) is 75.2 Å². The van der Waals surface area contributed by atoms with Crippen molar-refractivity contribution in [3.8, 4) is 0 Å². The lowest BCUT2D eigenvalue weighted by Gasteiger charge is -2.07. The molecule has 2 rings (SSSR count). The van der Waals surface area contributed by atoms with Crippen molar-refractivity contribution in [2.24, 2.45) is 0 Å². The number of carbonyl (C=O) groups excluding carboxylic acids is 2. The molecular formula is C24H28O9. The summed E-state index contributed by atoms with van der Waals surface area (Å²) in [5.74, 6) is -3.28. The molecule has 0 aliphatic heterocycles. The molecule has 0 fully saturated rings. The van der Waals surface area contributed by atoms with E-state index >= 15 is 0 Å². The van der Waals surface area contributed by atoms with Crippen LogP contribution in [0.25, 0.3) is 0 Å². The molecule has 0 saturated carbocycles. The van der Waals surface area contributed by atoms with E-state index in [0.717, 1.165) is 13.2 Å². The number of carboxylic acid groups (broad SMARTS) is 2. The highest BCUT2D eigenvalue weighted by molar-refractivity contribution is 5.93. The molecule has 0 aliphatic carbocycles. The van der Waals surface area contributed by atoms with Crippen molar-refractivity contribution in [1.29, 1.82) is 0 Å². The number of unbranched alkanes of at least 4 members (excludes halogenated alkanes) is 1. The van der Waals surface area contributed by atoms with E-state index in [1.165, 1.54) is 48.5 Å². The van der Waals surface area contributed by atoms with Gasteiger partial charge in [-0.3, -0.25) is 0 Å². The van der Waals surface area contributed by atoms with Crippen molar-refractivity contribution in [2.75, 3.05) is 26.4 Å². The topological polar surface area (TPSA) is 136 Å². The molecule has 2 aromatic rings. The second-order valence-corrected chi connectivity index (χ2v) is 6.53. The van der Waals surface area contributed by atoms with Crippen molar-refractivity contribution in [2.45, 2.75) is 26.7 Å². The second-order valence-electron chi connectivity index (χ2n) is 6.53. The monoisotopic (exact) mass is 460 g/mol. The molecule has 33 heavy (non-hydrogen) atoms. The molecule has 9 nitrogen and oxygen atoms in total. The number of hydrogen-bond donors (Lipinski definition) is 2. The Labute approximate surface area is 191 Å². The summed E-state index contributed by atoms with van der Waals surface area (Å²) in [4.78, 5) is 45.2. The van der Waals surface area contributed by atoms with Crippen LogP contribution in [0, 0.1) is 0 Å². The van der Waals surface area contributed by atoms with Crippen LogP contribution in [0.15, 0.2) is 48.5 Å². The van der Waals surface area contributed by atoms with E-state index < -0.39 is 23.9 Å². The number of hydrogen-bond acceptors (Lipinski definition) is 7. The van der Waals surface area contributed by atoms with Crippen molar-refractivity contribution in [3.63, 3.8) is 0 Å². The maximum atomic E-state index is 11.8. The minimum atomic E-state index is -1.08. The minimum Gasteiger partial charge on any atom is -0.478 e. The van der Waals surface area contributed by atoms with Gasteiger partial charge in [0, 0.05) is 13.2 Å². The van der Waals surface area contributed by atoms with Crippen LogP contribution in [-0.4, -0.2) is 60.5 Å². The molecular weight excluding hydrogens is 432 g/mol. The molecule has 0 aliphatic rings. The van der Waals surface area contributed by atoms with Crippen molar-refractivity contribution in [1.82, 2.24) is 0 Å². The van der Waals surface area contributed by atoms with E-state index in [4.69, 9.17) is 24.4 Å². The Morgan fingerprint density at radius 2 is 0.909 bits per heavy atom. The van der Waals surface area contributed by atoms with Crippen LogP contribution in [0.5, 0.6) is 0 Å². The predicted molar refractivity (Wildman–Crippen MR) is 119 cm³/mol.